The maximum Gasteiger partial charge on any atom is 0.271 e. The summed E-state index contributed by atoms with van der Waals surface area (Å²) in [6, 6.07) is 21.6. The van der Waals surface area contributed by atoms with Crippen LogP contribution in [-0.4, -0.2) is 32.4 Å². The predicted molar refractivity (Wildman–Crippen MR) is 122 cm³/mol. The van der Waals surface area contributed by atoms with Gasteiger partial charge in [0.25, 0.3) is 5.91 Å². The van der Waals surface area contributed by atoms with Gasteiger partial charge in [0.2, 0.25) is 0 Å². The summed E-state index contributed by atoms with van der Waals surface area (Å²) in [5, 5.41) is 4.52. The molecule has 3 aromatic carbocycles. The fourth-order valence-electron chi connectivity index (χ4n) is 2.70. The van der Waals surface area contributed by atoms with Gasteiger partial charge >= 0.3 is 0 Å². The zero-order valence-corrected chi connectivity index (χ0v) is 17.8. The zero-order valence-electron chi connectivity index (χ0n) is 17.1. The molecule has 6 nitrogen and oxygen atoms in total. The number of ether oxygens (including phenoxy) is 3. The lowest BCUT2D eigenvalue weighted by Gasteiger charge is -2.10. The molecule has 3 rings (SSSR count). The third-order valence-corrected chi connectivity index (χ3v) is 4.47. The van der Waals surface area contributed by atoms with Gasteiger partial charge in [-0.15, -0.1) is 0 Å². The normalized spacial score (nSPS) is 10.6. The lowest BCUT2D eigenvalue weighted by Crippen LogP contribution is -2.17. The molecule has 0 bridgehead atoms. The lowest BCUT2D eigenvalue weighted by atomic mass is 10.2. The first kappa shape index (κ1) is 22.2. The van der Waals surface area contributed by atoms with Crippen molar-refractivity contribution in [1.82, 2.24) is 5.43 Å². The minimum Gasteiger partial charge on any atom is -0.497 e. The molecule has 0 saturated heterocycles. The van der Waals surface area contributed by atoms with E-state index in [9.17, 15) is 4.79 Å². The molecule has 0 spiro atoms. The molecule has 7 heteroatoms. The Morgan fingerprint density at radius 3 is 2.58 bits per heavy atom. The van der Waals surface area contributed by atoms with E-state index in [4.69, 9.17) is 25.8 Å². The van der Waals surface area contributed by atoms with E-state index >= 15 is 0 Å². The smallest absolute Gasteiger partial charge is 0.271 e. The highest BCUT2D eigenvalue weighted by atomic mass is 35.5. The monoisotopic (exact) mass is 438 g/mol. The van der Waals surface area contributed by atoms with Crippen LogP contribution < -0.4 is 19.6 Å². The zero-order chi connectivity index (χ0) is 21.9. The molecule has 3 aromatic rings. The minimum atomic E-state index is -0.341. The van der Waals surface area contributed by atoms with Crippen molar-refractivity contribution < 1.29 is 19.0 Å². The van der Waals surface area contributed by atoms with Gasteiger partial charge in [0.05, 0.1) is 26.5 Å². The molecule has 0 saturated carbocycles. The molecule has 0 heterocycles. The Hall–Kier alpha value is -3.51. The van der Waals surface area contributed by atoms with Crippen LogP contribution in [0.2, 0.25) is 5.02 Å². The number of hydrazone groups is 1. The van der Waals surface area contributed by atoms with Crippen LogP contribution >= 0.6 is 11.6 Å². The molecule has 0 unspecified atom stereocenters. The van der Waals surface area contributed by atoms with Crippen molar-refractivity contribution in [3.63, 3.8) is 0 Å². The highest BCUT2D eigenvalue weighted by molar-refractivity contribution is 6.30. The van der Waals surface area contributed by atoms with Gasteiger partial charge in [-0.3, -0.25) is 4.79 Å². The number of hydrogen-bond acceptors (Lipinski definition) is 5. The van der Waals surface area contributed by atoms with Crippen LogP contribution in [0.1, 0.15) is 22.3 Å². The van der Waals surface area contributed by atoms with E-state index < -0.39 is 0 Å². The molecular formula is C24H23ClN2O4. The predicted octanol–water partition coefficient (Wildman–Crippen LogP) is 4.96. The average Bonchev–Trinajstić information content (AvgIpc) is 2.80. The second-order valence-corrected chi connectivity index (χ2v) is 6.91. The van der Waals surface area contributed by atoms with Crippen LogP contribution in [0.5, 0.6) is 17.2 Å². The van der Waals surface area contributed by atoms with E-state index in [1.807, 2.05) is 48.5 Å². The standard InChI is InChI=1S/C24H23ClN2O4/c1-29-21-10-5-11-22(16-21)30-13-6-14-31-23-12-3-2-7-19(23)17-26-27-24(28)18-8-4-9-20(25)15-18/h2-5,7-12,15-17H,6,13-14H2,1H3,(H,27,28)/b26-17-. The number of para-hydroxylation sites is 1. The number of hydrogen-bond donors (Lipinski definition) is 1. The molecule has 0 aliphatic heterocycles. The third-order valence-electron chi connectivity index (χ3n) is 4.23. The van der Waals surface area contributed by atoms with Crippen LogP contribution in [0.25, 0.3) is 0 Å². The molecule has 0 fully saturated rings. The minimum absolute atomic E-state index is 0.341. The first-order valence-corrected chi connectivity index (χ1v) is 10.1. The average molecular weight is 439 g/mol. The number of methoxy groups -OCH3 is 1. The summed E-state index contributed by atoms with van der Waals surface area (Å²) >= 11 is 5.91. The maximum absolute atomic E-state index is 12.1. The molecule has 0 aliphatic rings. The fraction of sp³-hybridized carbons (Fsp3) is 0.167. The quantitative estimate of drug-likeness (QED) is 0.276. The summed E-state index contributed by atoms with van der Waals surface area (Å²) in [5.74, 6) is 1.84. The van der Waals surface area contributed by atoms with Crippen molar-refractivity contribution in [1.29, 1.82) is 0 Å². The highest BCUT2D eigenvalue weighted by Crippen LogP contribution is 2.19. The molecule has 0 aliphatic carbocycles. The first-order chi connectivity index (χ1) is 15.2. The SMILES string of the molecule is COc1cccc(OCCCOc2ccccc2/C=N\NC(=O)c2cccc(Cl)c2)c1. The summed E-state index contributed by atoms with van der Waals surface area (Å²) in [5.41, 5.74) is 3.68. The van der Waals surface area contributed by atoms with Crippen LogP contribution in [0, 0.1) is 0 Å². The third kappa shape index (κ3) is 7.04. The number of benzene rings is 3. The summed E-state index contributed by atoms with van der Waals surface area (Å²) in [4.78, 5) is 12.1. The van der Waals surface area contributed by atoms with E-state index in [2.05, 4.69) is 10.5 Å². The summed E-state index contributed by atoms with van der Waals surface area (Å²) < 4.78 is 16.7. The topological polar surface area (TPSA) is 69.2 Å². The summed E-state index contributed by atoms with van der Waals surface area (Å²) in [7, 11) is 1.62. The van der Waals surface area contributed by atoms with Gasteiger partial charge in [-0.25, -0.2) is 5.43 Å². The molecular weight excluding hydrogens is 416 g/mol. The van der Waals surface area contributed by atoms with Crippen molar-refractivity contribution >= 4 is 23.7 Å². The molecule has 160 valence electrons. The number of carbonyl (C=O) groups is 1. The number of nitrogens with one attached hydrogen (secondary N) is 1. The lowest BCUT2D eigenvalue weighted by molar-refractivity contribution is 0.0955. The Labute approximate surface area is 186 Å². The largest absolute Gasteiger partial charge is 0.497 e. The van der Waals surface area contributed by atoms with Crippen LogP contribution in [0.4, 0.5) is 0 Å². The Kier molecular flexibility index (Phi) is 8.31. The van der Waals surface area contributed by atoms with E-state index in [0.29, 0.717) is 36.0 Å². The van der Waals surface area contributed by atoms with Gasteiger partial charge in [-0.05, 0) is 42.5 Å². The maximum atomic E-state index is 12.1. The molecule has 0 atom stereocenters. The van der Waals surface area contributed by atoms with Crippen LogP contribution in [-0.2, 0) is 0 Å². The molecule has 0 aromatic heterocycles. The van der Waals surface area contributed by atoms with E-state index in [0.717, 1.165) is 17.1 Å². The van der Waals surface area contributed by atoms with Crippen LogP contribution in [0.3, 0.4) is 0 Å². The van der Waals surface area contributed by atoms with E-state index in [-0.39, 0.29) is 5.91 Å². The van der Waals surface area contributed by atoms with Crippen molar-refractivity contribution in [2.45, 2.75) is 6.42 Å². The van der Waals surface area contributed by atoms with Gasteiger partial charge in [-0.2, -0.15) is 5.10 Å². The number of amides is 1. The first-order valence-electron chi connectivity index (χ1n) is 9.73. The Balaban J connectivity index is 1.47. The van der Waals surface area contributed by atoms with Gasteiger partial charge in [0.15, 0.2) is 0 Å². The Morgan fingerprint density at radius 1 is 0.968 bits per heavy atom. The van der Waals surface area contributed by atoms with Crippen molar-refractivity contribution in [3.8, 4) is 17.2 Å². The number of carbonyl (C=O) groups excluding carboxylic acids is 1. The van der Waals surface area contributed by atoms with Gasteiger partial charge in [0.1, 0.15) is 17.2 Å². The fourth-order valence-corrected chi connectivity index (χ4v) is 2.89. The molecule has 0 radical (unpaired) electrons. The van der Waals surface area contributed by atoms with E-state index in [1.54, 1.807) is 37.6 Å². The highest BCUT2D eigenvalue weighted by Gasteiger charge is 2.05. The van der Waals surface area contributed by atoms with E-state index in [1.165, 1.54) is 0 Å². The second kappa shape index (κ2) is 11.6. The van der Waals surface area contributed by atoms with Gasteiger partial charge < -0.3 is 14.2 Å². The Bertz CT molecular complexity index is 1040. The summed E-state index contributed by atoms with van der Waals surface area (Å²) in [6.07, 6.45) is 2.25. The van der Waals surface area contributed by atoms with Crippen LogP contribution in [0.15, 0.2) is 77.9 Å². The summed E-state index contributed by atoms with van der Waals surface area (Å²) in [6.45, 7) is 0.989. The van der Waals surface area contributed by atoms with Crippen molar-refractivity contribution in [3.05, 3.63) is 88.9 Å². The molecule has 1 amide bonds. The molecule has 31 heavy (non-hydrogen) atoms. The second-order valence-electron chi connectivity index (χ2n) is 6.48. The van der Waals surface area contributed by atoms with Gasteiger partial charge in [0, 0.05) is 28.6 Å². The number of rotatable bonds is 10. The van der Waals surface area contributed by atoms with Crippen molar-refractivity contribution in [2.75, 3.05) is 20.3 Å². The number of halogens is 1. The van der Waals surface area contributed by atoms with Gasteiger partial charge in [-0.1, -0.05) is 35.9 Å². The molecule has 1 N–H and O–H groups in total. The van der Waals surface area contributed by atoms with Crippen molar-refractivity contribution in [2.24, 2.45) is 5.10 Å². The number of nitrogens with zero attached hydrogens (tertiary/aromatic N) is 1. The Morgan fingerprint density at radius 2 is 1.74 bits per heavy atom.